The smallest absolute Gasteiger partial charge is 0.119 e. The van der Waals surface area contributed by atoms with Gasteiger partial charge in [-0.15, -0.1) is 0 Å². The van der Waals surface area contributed by atoms with Crippen LogP contribution in [-0.4, -0.2) is 37.2 Å². The first-order valence-electron chi connectivity index (χ1n) is 7.15. The number of aryl methyl sites for hydroxylation is 2. The Bertz CT molecular complexity index is 403. The maximum absolute atomic E-state index is 6.44. The van der Waals surface area contributed by atoms with Gasteiger partial charge in [-0.05, 0) is 76.5 Å². The van der Waals surface area contributed by atoms with E-state index in [2.05, 4.69) is 44.0 Å². The van der Waals surface area contributed by atoms with Crippen LogP contribution in [0.4, 0.5) is 0 Å². The molecule has 1 heterocycles. The normalized spacial score (nSPS) is 19.4. The van der Waals surface area contributed by atoms with Gasteiger partial charge in [-0.3, -0.25) is 0 Å². The van der Waals surface area contributed by atoms with E-state index in [9.17, 15) is 0 Å². The van der Waals surface area contributed by atoms with E-state index >= 15 is 0 Å². The molecule has 0 aliphatic carbocycles. The second-order valence-electron chi connectivity index (χ2n) is 6.09. The second kappa shape index (κ2) is 5.93. The molecule has 2 rings (SSSR count). The summed E-state index contributed by atoms with van der Waals surface area (Å²) < 4.78 is 5.87. The zero-order valence-corrected chi connectivity index (χ0v) is 12.4. The van der Waals surface area contributed by atoms with Gasteiger partial charge in [0.2, 0.25) is 0 Å². The lowest BCUT2D eigenvalue weighted by molar-refractivity contribution is 0.159. The standard InChI is InChI=1S/C16H26N2O/c1-13-10-14(2)12-15(11-13)19-9-6-16(17)4-7-18(3)8-5-16/h10-12H,4-9,17H2,1-3H3. The van der Waals surface area contributed by atoms with E-state index in [0.29, 0.717) is 6.61 Å². The van der Waals surface area contributed by atoms with Gasteiger partial charge >= 0.3 is 0 Å². The summed E-state index contributed by atoms with van der Waals surface area (Å²) in [6.07, 6.45) is 3.08. The molecule has 2 N–H and O–H groups in total. The maximum atomic E-state index is 6.44. The first-order chi connectivity index (χ1) is 8.97. The molecule has 1 aromatic carbocycles. The third-order valence-electron chi connectivity index (χ3n) is 4.05. The van der Waals surface area contributed by atoms with E-state index in [1.165, 1.54) is 11.1 Å². The minimum absolute atomic E-state index is 0.0363. The molecule has 3 nitrogen and oxygen atoms in total. The van der Waals surface area contributed by atoms with Crippen LogP contribution in [0, 0.1) is 13.8 Å². The number of hydrogen-bond acceptors (Lipinski definition) is 3. The molecule has 0 bridgehead atoms. The summed E-state index contributed by atoms with van der Waals surface area (Å²) in [7, 11) is 2.16. The molecule has 1 aliphatic heterocycles. The van der Waals surface area contributed by atoms with E-state index in [0.717, 1.165) is 38.1 Å². The Morgan fingerprint density at radius 3 is 2.32 bits per heavy atom. The van der Waals surface area contributed by atoms with Crippen molar-refractivity contribution in [1.82, 2.24) is 4.90 Å². The van der Waals surface area contributed by atoms with Crippen LogP contribution in [-0.2, 0) is 0 Å². The zero-order chi connectivity index (χ0) is 13.9. The summed E-state index contributed by atoms with van der Waals surface area (Å²) in [6, 6.07) is 6.34. The van der Waals surface area contributed by atoms with Crippen LogP contribution < -0.4 is 10.5 Å². The topological polar surface area (TPSA) is 38.5 Å². The Morgan fingerprint density at radius 1 is 1.16 bits per heavy atom. The Labute approximate surface area is 116 Å². The van der Waals surface area contributed by atoms with Gasteiger partial charge < -0.3 is 15.4 Å². The molecule has 0 unspecified atom stereocenters. The molecule has 1 fully saturated rings. The first kappa shape index (κ1) is 14.4. The summed E-state index contributed by atoms with van der Waals surface area (Å²) in [6.45, 7) is 7.10. The Hall–Kier alpha value is -1.06. The molecule has 19 heavy (non-hydrogen) atoms. The lowest BCUT2D eigenvalue weighted by Gasteiger charge is -2.37. The van der Waals surface area contributed by atoms with E-state index in [4.69, 9.17) is 10.5 Å². The van der Waals surface area contributed by atoms with Crippen molar-refractivity contribution in [2.24, 2.45) is 5.73 Å². The quantitative estimate of drug-likeness (QED) is 0.906. The summed E-state index contributed by atoms with van der Waals surface area (Å²) in [5, 5.41) is 0. The molecule has 1 aromatic rings. The molecule has 106 valence electrons. The molecule has 0 spiro atoms. The summed E-state index contributed by atoms with van der Waals surface area (Å²) in [5.74, 6) is 0.967. The van der Waals surface area contributed by atoms with Crippen molar-refractivity contribution in [2.45, 2.75) is 38.6 Å². The number of piperidine rings is 1. The highest BCUT2D eigenvalue weighted by Gasteiger charge is 2.29. The average molecular weight is 262 g/mol. The predicted octanol–water partition coefficient (Wildman–Crippen LogP) is 2.50. The van der Waals surface area contributed by atoms with Gasteiger partial charge in [-0.1, -0.05) is 6.07 Å². The van der Waals surface area contributed by atoms with E-state index < -0.39 is 0 Å². The van der Waals surface area contributed by atoms with Crippen molar-refractivity contribution in [3.05, 3.63) is 29.3 Å². The predicted molar refractivity (Wildman–Crippen MR) is 79.7 cm³/mol. The Kier molecular flexibility index (Phi) is 4.48. The lowest BCUT2D eigenvalue weighted by Crippen LogP contribution is -2.50. The van der Waals surface area contributed by atoms with Crippen molar-refractivity contribution in [2.75, 3.05) is 26.7 Å². The Balaban J connectivity index is 1.83. The Morgan fingerprint density at radius 2 is 1.74 bits per heavy atom. The molecule has 3 heteroatoms. The number of nitrogens with two attached hydrogens (primary N) is 1. The third kappa shape index (κ3) is 4.22. The van der Waals surface area contributed by atoms with E-state index in [1.54, 1.807) is 0 Å². The summed E-state index contributed by atoms with van der Waals surface area (Å²) >= 11 is 0. The monoisotopic (exact) mass is 262 g/mol. The van der Waals surface area contributed by atoms with Gasteiger partial charge in [-0.2, -0.15) is 0 Å². The van der Waals surface area contributed by atoms with Crippen molar-refractivity contribution in [1.29, 1.82) is 0 Å². The number of rotatable bonds is 4. The van der Waals surface area contributed by atoms with Crippen LogP contribution in [0.5, 0.6) is 5.75 Å². The molecule has 0 aromatic heterocycles. The van der Waals surface area contributed by atoms with Crippen molar-refractivity contribution in [3.63, 3.8) is 0 Å². The van der Waals surface area contributed by atoms with E-state index in [1.807, 2.05) is 0 Å². The lowest BCUT2D eigenvalue weighted by atomic mass is 9.86. The van der Waals surface area contributed by atoms with Crippen LogP contribution in [0.15, 0.2) is 18.2 Å². The largest absolute Gasteiger partial charge is 0.494 e. The van der Waals surface area contributed by atoms with Crippen molar-refractivity contribution in [3.8, 4) is 5.75 Å². The maximum Gasteiger partial charge on any atom is 0.119 e. The SMILES string of the molecule is Cc1cc(C)cc(OCCC2(N)CCN(C)CC2)c1. The van der Waals surface area contributed by atoms with E-state index in [-0.39, 0.29) is 5.54 Å². The van der Waals surface area contributed by atoms with Gasteiger partial charge in [0.05, 0.1) is 6.61 Å². The number of benzene rings is 1. The van der Waals surface area contributed by atoms with Crippen LogP contribution in [0.1, 0.15) is 30.4 Å². The minimum Gasteiger partial charge on any atom is -0.494 e. The van der Waals surface area contributed by atoms with Crippen LogP contribution in [0.25, 0.3) is 0 Å². The molecule has 0 atom stereocenters. The molecular formula is C16H26N2O. The summed E-state index contributed by atoms with van der Waals surface area (Å²) in [5.41, 5.74) is 8.90. The highest BCUT2D eigenvalue weighted by atomic mass is 16.5. The van der Waals surface area contributed by atoms with Crippen LogP contribution >= 0.6 is 0 Å². The van der Waals surface area contributed by atoms with Gasteiger partial charge in [-0.25, -0.2) is 0 Å². The van der Waals surface area contributed by atoms with Crippen LogP contribution in [0.3, 0.4) is 0 Å². The fourth-order valence-corrected chi connectivity index (χ4v) is 2.70. The first-order valence-corrected chi connectivity index (χ1v) is 7.15. The number of hydrogen-bond donors (Lipinski definition) is 1. The molecule has 0 amide bonds. The van der Waals surface area contributed by atoms with Gasteiger partial charge in [0.1, 0.15) is 5.75 Å². The average Bonchev–Trinajstić information content (AvgIpc) is 2.32. The third-order valence-corrected chi connectivity index (χ3v) is 4.05. The molecule has 0 saturated carbocycles. The molecule has 1 saturated heterocycles. The number of likely N-dealkylation sites (tertiary alicyclic amines) is 1. The highest BCUT2D eigenvalue weighted by Crippen LogP contribution is 2.23. The van der Waals surface area contributed by atoms with Gasteiger partial charge in [0.15, 0.2) is 0 Å². The second-order valence-corrected chi connectivity index (χ2v) is 6.09. The molecular weight excluding hydrogens is 236 g/mol. The van der Waals surface area contributed by atoms with Crippen molar-refractivity contribution < 1.29 is 4.74 Å². The minimum atomic E-state index is -0.0363. The number of nitrogens with zero attached hydrogens (tertiary/aromatic N) is 1. The fraction of sp³-hybridized carbons (Fsp3) is 0.625. The zero-order valence-electron chi connectivity index (χ0n) is 12.4. The van der Waals surface area contributed by atoms with Gasteiger partial charge in [0.25, 0.3) is 0 Å². The molecule has 1 aliphatic rings. The van der Waals surface area contributed by atoms with Crippen LogP contribution in [0.2, 0.25) is 0 Å². The fourth-order valence-electron chi connectivity index (χ4n) is 2.70. The number of ether oxygens (including phenoxy) is 1. The van der Waals surface area contributed by atoms with Gasteiger partial charge in [0, 0.05) is 5.54 Å². The highest BCUT2D eigenvalue weighted by molar-refractivity contribution is 5.32. The van der Waals surface area contributed by atoms with Crippen molar-refractivity contribution >= 4 is 0 Å². The molecule has 0 radical (unpaired) electrons. The summed E-state index contributed by atoms with van der Waals surface area (Å²) in [4.78, 5) is 2.34.